The fourth-order valence-corrected chi connectivity index (χ4v) is 2.80. The number of anilines is 1. The molecule has 20 heavy (non-hydrogen) atoms. The van der Waals surface area contributed by atoms with E-state index in [2.05, 4.69) is 49.9 Å². The lowest BCUT2D eigenvalue weighted by molar-refractivity contribution is -0.137. The van der Waals surface area contributed by atoms with Crippen molar-refractivity contribution in [1.82, 2.24) is 0 Å². The van der Waals surface area contributed by atoms with Crippen molar-refractivity contribution in [2.24, 2.45) is 0 Å². The molecule has 0 fully saturated rings. The topological polar surface area (TPSA) is 29.5 Å². The van der Waals surface area contributed by atoms with Gasteiger partial charge in [0.15, 0.2) is 0 Å². The van der Waals surface area contributed by atoms with Crippen LogP contribution in [0.4, 0.5) is 5.69 Å². The molecule has 0 bridgehead atoms. The summed E-state index contributed by atoms with van der Waals surface area (Å²) in [7, 11) is 0. The number of para-hydroxylation sites is 1. The Balaban J connectivity index is 2.15. The van der Waals surface area contributed by atoms with E-state index >= 15 is 0 Å². The average molecular weight is 273 g/mol. The van der Waals surface area contributed by atoms with Gasteiger partial charge >= 0.3 is 5.97 Å². The maximum atomic E-state index is 11.3. The van der Waals surface area contributed by atoms with E-state index in [0.717, 1.165) is 6.54 Å². The zero-order chi connectivity index (χ0) is 14.8. The maximum absolute atomic E-state index is 11.3. The molecule has 108 valence electrons. The lowest BCUT2D eigenvalue weighted by Crippen LogP contribution is -2.39. The van der Waals surface area contributed by atoms with Crippen molar-refractivity contribution in [2.45, 2.75) is 39.2 Å². The van der Waals surface area contributed by atoms with E-state index in [4.69, 9.17) is 4.74 Å². The fourth-order valence-electron chi connectivity index (χ4n) is 2.80. The summed E-state index contributed by atoms with van der Waals surface area (Å²) in [4.78, 5) is 13.7. The van der Waals surface area contributed by atoms with Crippen LogP contribution in [0.25, 0.3) is 0 Å². The molecule has 1 aromatic carbocycles. The molecule has 3 heteroatoms. The van der Waals surface area contributed by atoms with Crippen LogP contribution in [0.3, 0.4) is 0 Å². The van der Waals surface area contributed by atoms with E-state index < -0.39 is 0 Å². The van der Waals surface area contributed by atoms with Gasteiger partial charge in [0, 0.05) is 29.8 Å². The Kier molecular flexibility index (Phi) is 4.17. The molecule has 0 spiro atoms. The number of carbonyl (C=O) groups excluding carboxylic acids is 1. The molecule has 0 radical (unpaired) electrons. The molecule has 0 aliphatic carbocycles. The Hall–Kier alpha value is -1.77. The number of benzene rings is 1. The number of esters is 1. The molecule has 0 N–H and O–H groups in total. The molecule has 0 amide bonds. The maximum Gasteiger partial charge on any atom is 0.330 e. The van der Waals surface area contributed by atoms with Crippen LogP contribution < -0.4 is 4.90 Å². The van der Waals surface area contributed by atoms with E-state index in [1.165, 1.54) is 17.3 Å². The van der Waals surface area contributed by atoms with Gasteiger partial charge in [-0.1, -0.05) is 38.1 Å². The van der Waals surface area contributed by atoms with Crippen molar-refractivity contribution in [1.29, 1.82) is 0 Å². The van der Waals surface area contributed by atoms with E-state index in [0.29, 0.717) is 12.6 Å². The number of ether oxygens (including phenoxy) is 1. The van der Waals surface area contributed by atoms with Gasteiger partial charge in [0.25, 0.3) is 0 Å². The largest absolute Gasteiger partial charge is 0.463 e. The second-order valence-electron chi connectivity index (χ2n) is 5.72. The summed E-state index contributed by atoms with van der Waals surface area (Å²) in [5, 5.41) is 0. The van der Waals surface area contributed by atoms with Crippen molar-refractivity contribution in [2.75, 3.05) is 18.1 Å². The van der Waals surface area contributed by atoms with Crippen LogP contribution in [-0.4, -0.2) is 25.2 Å². The molecule has 2 rings (SSSR count). The highest BCUT2D eigenvalue weighted by Crippen LogP contribution is 2.44. The first kappa shape index (κ1) is 14.6. The number of nitrogens with zero attached hydrogens (tertiary/aromatic N) is 1. The van der Waals surface area contributed by atoms with Crippen LogP contribution in [0.2, 0.25) is 0 Å². The van der Waals surface area contributed by atoms with E-state index in [1.54, 1.807) is 0 Å². The molecule has 1 unspecified atom stereocenters. The Morgan fingerprint density at radius 2 is 2.10 bits per heavy atom. The number of hydrogen-bond acceptors (Lipinski definition) is 3. The highest BCUT2D eigenvalue weighted by Gasteiger charge is 2.40. The third-order valence-corrected chi connectivity index (χ3v) is 4.26. The monoisotopic (exact) mass is 273 g/mol. The van der Waals surface area contributed by atoms with Crippen molar-refractivity contribution in [3.8, 4) is 0 Å². The molecule has 3 nitrogen and oxygen atoms in total. The van der Waals surface area contributed by atoms with Gasteiger partial charge in [-0.3, -0.25) is 0 Å². The summed E-state index contributed by atoms with van der Waals surface area (Å²) in [5.74, 6) is -0.271. The molecule has 1 aromatic rings. The van der Waals surface area contributed by atoms with Crippen LogP contribution >= 0.6 is 0 Å². The zero-order valence-corrected chi connectivity index (χ0v) is 12.7. The van der Waals surface area contributed by atoms with Gasteiger partial charge in [-0.05, 0) is 25.5 Å². The minimum absolute atomic E-state index is 0.119. The normalized spacial score (nSPS) is 20.2. The lowest BCUT2D eigenvalue weighted by Gasteiger charge is -2.30. The van der Waals surface area contributed by atoms with Gasteiger partial charge < -0.3 is 9.64 Å². The smallest absolute Gasteiger partial charge is 0.330 e. The van der Waals surface area contributed by atoms with Crippen LogP contribution in [0.5, 0.6) is 0 Å². The van der Waals surface area contributed by atoms with Crippen molar-refractivity contribution in [3.05, 3.63) is 42.0 Å². The summed E-state index contributed by atoms with van der Waals surface area (Å²) in [6.45, 7) is 9.72. The standard InChI is InChI=1S/C17H23NO2/c1-5-20-16(19)11-8-12-18-13(2)17(3,4)14-9-6-7-10-15(14)18/h6-11,13H,5,12H2,1-4H3/b11-8+. The summed E-state index contributed by atoms with van der Waals surface area (Å²) < 4.78 is 4.90. The highest BCUT2D eigenvalue weighted by atomic mass is 16.5. The minimum atomic E-state index is -0.271. The van der Waals surface area contributed by atoms with E-state index in [-0.39, 0.29) is 11.4 Å². The van der Waals surface area contributed by atoms with Gasteiger partial charge in [0.1, 0.15) is 0 Å². The quantitative estimate of drug-likeness (QED) is 0.623. The minimum Gasteiger partial charge on any atom is -0.463 e. The van der Waals surface area contributed by atoms with Gasteiger partial charge in [-0.2, -0.15) is 0 Å². The third-order valence-electron chi connectivity index (χ3n) is 4.26. The molecule has 1 atom stereocenters. The van der Waals surface area contributed by atoms with E-state index in [1.807, 2.05) is 13.0 Å². The number of hydrogen-bond donors (Lipinski definition) is 0. The molecular formula is C17H23NO2. The number of carbonyl (C=O) groups is 1. The van der Waals surface area contributed by atoms with Gasteiger partial charge in [-0.15, -0.1) is 0 Å². The summed E-state index contributed by atoms with van der Waals surface area (Å²) in [6, 6.07) is 8.90. The van der Waals surface area contributed by atoms with Crippen LogP contribution in [0.15, 0.2) is 36.4 Å². The van der Waals surface area contributed by atoms with Crippen LogP contribution in [-0.2, 0) is 14.9 Å². The lowest BCUT2D eigenvalue weighted by atomic mass is 9.81. The van der Waals surface area contributed by atoms with Gasteiger partial charge in [-0.25, -0.2) is 4.79 Å². The first-order valence-electron chi connectivity index (χ1n) is 7.18. The Bertz CT molecular complexity index is 519. The molecular weight excluding hydrogens is 250 g/mol. The Morgan fingerprint density at radius 3 is 2.80 bits per heavy atom. The SMILES string of the molecule is CCOC(=O)/C=C/CN1c2ccccc2C(C)(C)C1C. The molecule has 1 heterocycles. The van der Waals surface area contributed by atoms with Crippen molar-refractivity contribution in [3.63, 3.8) is 0 Å². The summed E-state index contributed by atoms with van der Waals surface area (Å²) in [6.07, 6.45) is 3.40. The third kappa shape index (κ3) is 2.58. The molecule has 0 saturated heterocycles. The molecule has 1 aliphatic rings. The molecule has 1 aliphatic heterocycles. The Labute approximate surface area is 121 Å². The summed E-state index contributed by atoms with van der Waals surface area (Å²) >= 11 is 0. The van der Waals surface area contributed by atoms with Crippen molar-refractivity contribution >= 4 is 11.7 Å². The van der Waals surface area contributed by atoms with Gasteiger partial charge in [0.2, 0.25) is 0 Å². The van der Waals surface area contributed by atoms with Gasteiger partial charge in [0.05, 0.1) is 6.61 Å². The highest BCUT2D eigenvalue weighted by molar-refractivity contribution is 5.82. The second kappa shape index (κ2) is 5.70. The predicted octanol–water partition coefficient (Wildman–Crippen LogP) is 3.29. The van der Waals surface area contributed by atoms with Crippen LogP contribution in [0.1, 0.15) is 33.3 Å². The molecule has 0 saturated carbocycles. The van der Waals surface area contributed by atoms with E-state index in [9.17, 15) is 4.79 Å². The zero-order valence-electron chi connectivity index (χ0n) is 12.7. The number of rotatable bonds is 4. The first-order chi connectivity index (χ1) is 9.48. The first-order valence-corrected chi connectivity index (χ1v) is 7.18. The number of fused-ring (bicyclic) bond motifs is 1. The average Bonchev–Trinajstić information content (AvgIpc) is 2.61. The van der Waals surface area contributed by atoms with Crippen LogP contribution in [0, 0.1) is 0 Å². The Morgan fingerprint density at radius 1 is 1.40 bits per heavy atom. The second-order valence-corrected chi connectivity index (χ2v) is 5.72. The van der Waals surface area contributed by atoms with Crippen molar-refractivity contribution < 1.29 is 9.53 Å². The predicted molar refractivity (Wildman–Crippen MR) is 82.0 cm³/mol. The fraction of sp³-hybridized carbons (Fsp3) is 0.471. The summed E-state index contributed by atoms with van der Waals surface area (Å²) in [5.41, 5.74) is 2.75. The molecule has 0 aromatic heterocycles.